The molecule has 0 heterocycles. The van der Waals surface area contributed by atoms with Crippen molar-refractivity contribution in [1.82, 2.24) is 0 Å². The largest absolute Gasteiger partial charge is 0.123 e. The molecule has 0 bridgehead atoms. The Bertz CT molecular complexity index is 94.3. The van der Waals surface area contributed by atoms with E-state index in [0.29, 0.717) is 0 Å². The summed E-state index contributed by atoms with van der Waals surface area (Å²) in [5.74, 6) is 0. The minimum atomic E-state index is 0.0860. The van der Waals surface area contributed by atoms with E-state index >= 15 is 0 Å². The monoisotopic (exact) mass is 186 g/mol. The van der Waals surface area contributed by atoms with Crippen molar-refractivity contribution in [2.24, 2.45) is 0 Å². The minimum absolute atomic E-state index is 0.0860. The molecule has 0 radical (unpaired) electrons. The van der Waals surface area contributed by atoms with E-state index in [2.05, 4.69) is 0 Å². The van der Waals surface area contributed by atoms with Crippen LogP contribution in [0.15, 0.2) is 0 Å². The molecule has 9 heavy (non-hydrogen) atoms. The molecule has 1 fully saturated rings. The molecule has 1 aliphatic carbocycles. The van der Waals surface area contributed by atoms with Gasteiger partial charge in [-0.15, -0.1) is 34.8 Å². The van der Waals surface area contributed by atoms with E-state index < -0.39 is 0 Å². The number of rotatable bonds is 0. The molecule has 0 amide bonds. The molecule has 0 nitrogen and oxygen atoms in total. The molecule has 0 aromatic carbocycles. The van der Waals surface area contributed by atoms with E-state index in [1.54, 1.807) is 0 Å². The maximum absolute atomic E-state index is 5.85. The normalized spacial score (nSPS) is 45.0. The highest BCUT2D eigenvalue weighted by molar-refractivity contribution is 6.31. The first-order valence-electron chi connectivity index (χ1n) is 3.12. The maximum Gasteiger partial charge on any atom is 0.0513 e. The molecule has 1 rings (SSSR count). The predicted octanol–water partition coefficient (Wildman–Crippen LogP) is 2.99. The van der Waals surface area contributed by atoms with Gasteiger partial charge in [-0.1, -0.05) is 0 Å². The molecule has 3 atom stereocenters. The van der Waals surface area contributed by atoms with Crippen molar-refractivity contribution in [3.05, 3.63) is 0 Å². The highest BCUT2D eigenvalue weighted by Gasteiger charge is 2.25. The minimum Gasteiger partial charge on any atom is -0.123 e. The van der Waals surface area contributed by atoms with Gasteiger partial charge >= 0.3 is 0 Å². The highest BCUT2D eigenvalue weighted by atomic mass is 35.5. The highest BCUT2D eigenvalue weighted by Crippen LogP contribution is 2.30. The summed E-state index contributed by atoms with van der Waals surface area (Å²) in [7, 11) is 0. The van der Waals surface area contributed by atoms with Gasteiger partial charge < -0.3 is 0 Å². The Labute approximate surface area is 70.5 Å². The van der Waals surface area contributed by atoms with Crippen molar-refractivity contribution in [3.63, 3.8) is 0 Å². The summed E-state index contributed by atoms with van der Waals surface area (Å²) in [6.45, 7) is 0. The summed E-state index contributed by atoms with van der Waals surface area (Å²) in [4.78, 5) is 0. The number of hydrogen-bond acceptors (Lipinski definition) is 0. The van der Waals surface area contributed by atoms with Gasteiger partial charge in [0.1, 0.15) is 0 Å². The Morgan fingerprint density at radius 2 is 1.56 bits per heavy atom. The van der Waals surface area contributed by atoms with Crippen molar-refractivity contribution < 1.29 is 0 Å². The van der Waals surface area contributed by atoms with Gasteiger partial charge in [-0.05, 0) is 19.3 Å². The summed E-state index contributed by atoms with van der Waals surface area (Å²) in [6, 6.07) is 0. The van der Waals surface area contributed by atoms with E-state index in [1.165, 1.54) is 0 Å². The second-order valence-corrected chi connectivity index (χ2v) is 4.18. The summed E-state index contributed by atoms with van der Waals surface area (Å²) < 4.78 is 0. The molecule has 0 spiro atoms. The first kappa shape index (κ1) is 7.97. The van der Waals surface area contributed by atoms with Crippen LogP contribution in [0.1, 0.15) is 19.3 Å². The van der Waals surface area contributed by atoms with E-state index in [9.17, 15) is 0 Å². The van der Waals surface area contributed by atoms with Crippen LogP contribution in [0.25, 0.3) is 0 Å². The Morgan fingerprint density at radius 3 is 2.00 bits per heavy atom. The summed E-state index contributed by atoms with van der Waals surface area (Å²) in [6.07, 6.45) is 2.83. The SMILES string of the molecule is Cl[C@H]1CC[C@H](Cl)[C@@H](Cl)C1. The third-order valence-corrected chi connectivity index (χ3v) is 3.16. The smallest absolute Gasteiger partial charge is 0.0513 e. The van der Waals surface area contributed by atoms with Gasteiger partial charge in [0.05, 0.1) is 10.8 Å². The molecular formula is C6H9Cl3. The second kappa shape index (κ2) is 3.32. The first-order valence-corrected chi connectivity index (χ1v) is 4.43. The summed E-state index contributed by atoms with van der Waals surface area (Å²) in [5, 5.41) is 0.479. The summed E-state index contributed by atoms with van der Waals surface area (Å²) in [5.41, 5.74) is 0. The van der Waals surface area contributed by atoms with Crippen LogP contribution in [-0.4, -0.2) is 16.1 Å². The topological polar surface area (TPSA) is 0 Å². The molecule has 0 N–H and O–H groups in total. The van der Waals surface area contributed by atoms with E-state index in [-0.39, 0.29) is 16.1 Å². The van der Waals surface area contributed by atoms with Gasteiger partial charge in [0.15, 0.2) is 0 Å². The molecule has 0 unspecified atom stereocenters. The molecular weight excluding hydrogens is 178 g/mol. The second-order valence-electron chi connectivity index (χ2n) is 2.44. The van der Waals surface area contributed by atoms with Gasteiger partial charge in [0.2, 0.25) is 0 Å². The average Bonchev–Trinajstić information content (AvgIpc) is 1.80. The van der Waals surface area contributed by atoms with E-state index in [4.69, 9.17) is 34.8 Å². The third kappa shape index (κ3) is 2.18. The Kier molecular flexibility index (Phi) is 2.94. The Hall–Kier alpha value is 0.870. The van der Waals surface area contributed by atoms with Crippen LogP contribution in [0.4, 0.5) is 0 Å². The van der Waals surface area contributed by atoms with E-state index in [1.807, 2.05) is 0 Å². The van der Waals surface area contributed by atoms with Crippen LogP contribution in [0.5, 0.6) is 0 Å². The van der Waals surface area contributed by atoms with Crippen molar-refractivity contribution >= 4 is 34.8 Å². The van der Waals surface area contributed by atoms with Crippen LogP contribution < -0.4 is 0 Å². The number of alkyl halides is 3. The van der Waals surface area contributed by atoms with Gasteiger partial charge in [-0.2, -0.15) is 0 Å². The predicted molar refractivity (Wildman–Crippen MR) is 42.8 cm³/mol. The first-order chi connectivity index (χ1) is 4.20. The van der Waals surface area contributed by atoms with Gasteiger partial charge in [0.25, 0.3) is 0 Å². The third-order valence-electron chi connectivity index (χ3n) is 1.63. The fraction of sp³-hybridized carbons (Fsp3) is 1.00. The molecule has 1 aliphatic rings. The van der Waals surface area contributed by atoms with Crippen LogP contribution >= 0.6 is 34.8 Å². The lowest BCUT2D eigenvalue weighted by atomic mass is 9.99. The lowest BCUT2D eigenvalue weighted by Gasteiger charge is -2.24. The van der Waals surface area contributed by atoms with Crippen molar-refractivity contribution in [3.8, 4) is 0 Å². The zero-order valence-electron chi connectivity index (χ0n) is 4.99. The molecule has 0 aromatic rings. The maximum atomic E-state index is 5.85. The molecule has 0 aromatic heterocycles. The van der Waals surface area contributed by atoms with Crippen molar-refractivity contribution in [2.45, 2.75) is 35.4 Å². The zero-order chi connectivity index (χ0) is 6.85. The van der Waals surface area contributed by atoms with Gasteiger partial charge in [-0.3, -0.25) is 0 Å². The average molecular weight is 187 g/mol. The van der Waals surface area contributed by atoms with Crippen LogP contribution in [0.3, 0.4) is 0 Å². The number of halogens is 3. The molecule has 0 aliphatic heterocycles. The molecule has 3 heteroatoms. The lowest BCUT2D eigenvalue weighted by molar-refractivity contribution is 0.524. The van der Waals surface area contributed by atoms with Gasteiger partial charge in [0, 0.05) is 5.38 Å². The van der Waals surface area contributed by atoms with Crippen molar-refractivity contribution in [1.29, 1.82) is 0 Å². The van der Waals surface area contributed by atoms with E-state index in [0.717, 1.165) is 19.3 Å². The standard InChI is InChI=1S/C6H9Cl3/c7-4-1-2-5(8)6(9)3-4/h4-6H,1-3H2/t4-,5-,6-/m0/s1. The van der Waals surface area contributed by atoms with Crippen LogP contribution in [-0.2, 0) is 0 Å². The van der Waals surface area contributed by atoms with Gasteiger partial charge in [-0.25, -0.2) is 0 Å². The number of hydrogen-bond donors (Lipinski definition) is 0. The fourth-order valence-electron chi connectivity index (χ4n) is 1.03. The Morgan fingerprint density at radius 1 is 0.889 bits per heavy atom. The quantitative estimate of drug-likeness (QED) is 0.512. The fourth-order valence-corrected chi connectivity index (χ4v) is 2.01. The molecule has 1 saturated carbocycles. The summed E-state index contributed by atoms with van der Waals surface area (Å²) >= 11 is 17.5. The molecule has 54 valence electrons. The zero-order valence-corrected chi connectivity index (χ0v) is 7.26. The van der Waals surface area contributed by atoms with Crippen LogP contribution in [0, 0.1) is 0 Å². The molecule has 0 saturated heterocycles. The lowest BCUT2D eigenvalue weighted by Crippen LogP contribution is -2.25. The Balaban J connectivity index is 2.35. The van der Waals surface area contributed by atoms with Crippen molar-refractivity contribution in [2.75, 3.05) is 0 Å². The van der Waals surface area contributed by atoms with Crippen LogP contribution in [0.2, 0.25) is 0 Å².